The van der Waals surface area contributed by atoms with Crippen molar-refractivity contribution in [3.05, 3.63) is 57.2 Å². The predicted octanol–water partition coefficient (Wildman–Crippen LogP) is 5.53. The van der Waals surface area contributed by atoms with Gasteiger partial charge in [0.1, 0.15) is 11.6 Å². The molecule has 0 saturated heterocycles. The Hall–Kier alpha value is -0.970. The van der Waals surface area contributed by atoms with E-state index in [2.05, 4.69) is 20.8 Å². The molecule has 0 aliphatic carbocycles. The van der Waals surface area contributed by atoms with Crippen LogP contribution in [-0.2, 0) is 5.41 Å². The molecule has 0 heterocycles. The Balaban J connectivity index is 2.52. The van der Waals surface area contributed by atoms with Crippen molar-refractivity contribution < 1.29 is 8.78 Å². The van der Waals surface area contributed by atoms with Gasteiger partial charge in [-0.25, -0.2) is 8.78 Å². The molecule has 0 spiro atoms. The summed E-state index contributed by atoms with van der Waals surface area (Å²) in [5.41, 5.74) is 1.79. The van der Waals surface area contributed by atoms with E-state index in [1.807, 2.05) is 34.7 Å². The Morgan fingerprint density at radius 2 is 1.47 bits per heavy atom. The number of hydrogen-bond donors (Lipinski definition) is 0. The van der Waals surface area contributed by atoms with Gasteiger partial charge in [0.15, 0.2) is 0 Å². The monoisotopic (exact) mass is 372 g/mol. The van der Waals surface area contributed by atoms with E-state index in [-0.39, 0.29) is 11.0 Å². The summed E-state index contributed by atoms with van der Waals surface area (Å²) < 4.78 is 28.3. The van der Waals surface area contributed by atoms with E-state index in [1.54, 1.807) is 12.1 Å². The van der Waals surface area contributed by atoms with Gasteiger partial charge in [-0.3, -0.25) is 0 Å². The Morgan fingerprint density at radius 3 is 2.00 bits per heavy atom. The van der Waals surface area contributed by atoms with Gasteiger partial charge >= 0.3 is 0 Å². The van der Waals surface area contributed by atoms with Crippen LogP contribution >= 0.6 is 22.6 Å². The maximum absolute atomic E-state index is 14.0. The molecule has 0 unspecified atom stereocenters. The molecular weight excluding hydrogens is 357 g/mol. The second kappa shape index (κ2) is 5.19. The number of halogens is 3. The molecule has 0 aliphatic rings. The third kappa shape index (κ3) is 2.96. The first-order chi connectivity index (χ1) is 8.80. The first kappa shape index (κ1) is 14.4. The van der Waals surface area contributed by atoms with Crippen molar-refractivity contribution in [1.82, 2.24) is 0 Å². The summed E-state index contributed by atoms with van der Waals surface area (Å²) in [6, 6.07) is 10.1. The smallest absolute Gasteiger partial charge is 0.147 e. The molecule has 0 fully saturated rings. The molecular formula is C16H15F2I. The lowest BCUT2D eigenvalue weighted by Gasteiger charge is -2.19. The van der Waals surface area contributed by atoms with Gasteiger partial charge in [-0.15, -0.1) is 0 Å². The van der Waals surface area contributed by atoms with E-state index >= 15 is 0 Å². The number of hydrogen-bond acceptors (Lipinski definition) is 0. The van der Waals surface area contributed by atoms with Crippen LogP contribution in [0.3, 0.4) is 0 Å². The van der Waals surface area contributed by atoms with Crippen LogP contribution in [0.1, 0.15) is 26.3 Å². The normalized spacial score (nSPS) is 11.7. The molecule has 0 atom stereocenters. The van der Waals surface area contributed by atoms with Crippen LogP contribution in [0, 0.1) is 15.2 Å². The quantitative estimate of drug-likeness (QED) is 0.456. The molecule has 2 rings (SSSR count). The van der Waals surface area contributed by atoms with Crippen LogP contribution in [-0.4, -0.2) is 0 Å². The van der Waals surface area contributed by atoms with E-state index < -0.39 is 11.6 Å². The molecule has 0 radical (unpaired) electrons. The van der Waals surface area contributed by atoms with Crippen LogP contribution in [0.15, 0.2) is 36.4 Å². The van der Waals surface area contributed by atoms with Crippen LogP contribution in [0.4, 0.5) is 8.78 Å². The van der Waals surface area contributed by atoms with Gasteiger partial charge in [0.25, 0.3) is 0 Å². The lowest BCUT2D eigenvalue weighted by atomic mass is 9.86. The van der Waals surface area contributed by atoms with E-state index in [9.17, 15) is 8.78 Å². The molecule has 0 amide bonds. The fourth-order valence-corrected chi connectivity index (χ4v) is 2.38. The highest BCUT2D eigenvalue weighted by Crippen LogP contribution is 2.31. The fourth-order valence-electron chi connectivity index (χ4n) is 1.93. The zero-order valence-corrected chi connectivity index (χ0v) is 13.3. The first-order valence-electron chi connectivity index (χ1n) is 6.05. The summed E-state index contributed by atoms with van der Waals surface area (Å²) >= 11 is 1.87. The molecule has 0 nitrogen and oxygen atoms in total. The molecule has 2 aromatic rings. The van der Waals surface area contributed by atoms with Gasteiger partial charge in [-0.05, 0) is 51.3 Å². The first-order valence-corrected chi connectivity index (χ1v) is 7.13. The molecule has 0 aliphatic heterocycles. The van der Waals surface area contributed by atoms with Gasteiger partial charge in [0.2, 0.25) is 0 Å². The summed E-state index contributed by atoms with van der Waals surface area (Å²) in [6.45, 7) is 6.32. The van der Waals surface area contributed by atoms with Crippen molar-refractivity contribution in [1.29, 1.82) is 0 Å². The van der Waals surface area contributed by atoms with E-state index in [1.165, 1.54) is 12.1 Å². The van der Waals surface area contributed by atoms with Crippen molar-refractivity contribution in [3.63, 3.8) is 0 Å². The second-order valence-electron chi connectivity index (χ2n) is 5.55. The number of benzene rings is 2. The van der Waals surface area contributed by atoms with E-state index in [0.29, 0.717) is 9.13 Å². The molecule has 100 valence electrons. The van der Waals surface area contributed by atoms with Crippen molar-refractivity contribution in [2.45, 2.75) is 26.2 Å². The van der Waals surface area contributed by atoms with Gasteiger partial charge in [0, 0.05) is 3.57 Å². The van der Waals surface area contributed by atoms with Crippen molar-refractivity contribution in [2.75, 3.05) is 0 Å². The van der Waals surface area contributed by atoms with Gasteiger partial charge in [-0.1, -0.05) is 45.0 Å². The van der Waals surface area contributed by atoms with Crippen LogP contribution in [0.5, 0.6) is 0 Å². The predicted molar refractivity (Wildman–Crippen MR) is 83.2 cm³/mol. The Kier molecular flexibility index (Phi) is 3.95. The Labute approximate surface area is 126 Å². The minimum absolute atomic E-state index is 0.0285. The van der Waals surface area contributed by atoms with Crippen molar-refractivity contribution in [3.8, 4) is 11.1 Å². The summed E-state index contributed by atoms with van der Waals surface area (Å²) in [6.07, 6.45) is 0. The molecule has 0 bridgehead atoms. The topological polar surface area (TPSA) is 0 Å². The summed E-state index contributed by atoms with van der Waals surface area (Å²) in [7, 11) is 0. The summed E-state index contributed by atoms with van der Waals surface area (Å²) in [5, 5.41) is 0. The average molecular weight is 372 g/mol. The lowest BCUT2D eigenvalue weighted by Crippen LogP contribution is -2.10. The molecule has 19 heavy (non-hydrogen) atoms. The Bertz CT molecular complexity index is 595. The SMILES string of the molecule is CC(C)(C)c1ccc(-c2c(F)ccc(I)c2F)cc1. The second-order valence-corrected chi connectivity index (χ2v) is 6.71. The summed E-state index contributed by atoms with van der Waals surface area (Å²) in [5.74, 6) is -1.02. The van der Waals surface area contributed by atoms with E-state index in [4.69, 9.17) is 0 Å². The van der Waals surface area contributed by atoms with Crippen LogP contribution in [0.25, 0.3) is 11.1 Å². The maximum atomic E-state index is 14.0. The molecule has 0 saturated carbocycles. The summed E-state index contributed by atoms with van der Waals surface area (Å²) in [4.78, 5) is 0. The van der Waals surface area contributed by atoms with Gasteiger partial charge in [0.05, 0.1) is 5.56 Å². The zero-order chi connectivity index (χ0) is 14.2. The highest BCUT2D eigenvalue weighted by atomic mass is 127. The highest BCUT2D eigenvalue weighted by Gasteiger charge is 2.16. The Morgan fingerprint density at radius 1 is 0.895 bits per heavy atom. The average Bonchev–Trinajstić information content (AvgIpc) is 2.34. The zero-order valence-electron chi connectivity index (χ0n) is 11.1. The third-order valence-corrected chi connectivity index (χ3v) is 3.92. The molecule has 0 aromatic heterocycles. The van der Waals surface area contributed by atoms with Crippen LogP contribution < -0.4 is 0 Å². The molecule has 0 N–H and O–H groups in total. The van der Waals surface area contributed by atoms with Gasteiger partial charge in [-0.2, -0.15) is 0 Å². The standard InChI is InChI=1S/C16H15F2I/c1-16(2,3)11-6-4-10(5-7-11)14-12(17)8-9-13(19)15(14)18/h4-9H,1-3H3. The maximum Gasteiger partial charge on any atom is 0.147 e. The van der Waals surface area contributed by atoms with Crippen LogP contribution in [0.2, 0.25) is 0 Å². The van der Waals surface area contributed by atoms with Gasteiger partial charge < -0.3 is 0 Å². The third-order valence-electron chi connectivity index (χ3n) is 3.08. The minimum Gasteiger partial charge on any atom is -0.206 e. The van der Waals surface area contributed by atoms with E-state index in [0.717, 1.165) is 5.56 Å². The molecule has 3 heteroatoms. The lowest BCUT2D eigenvalue weighted by molar-refractivity contribution is 0.584. The minimum atomic E-state index is -0.526. The largest absolute Gasteiger partial charge is 0.206 e. The fraction of sp³-hybridized carbons (Fsp3) is 0.250. The highest BCUT2D eigenvalue weighted by molar-refractivity contribution is 14.1. The van der Waals surface area contributed by atoms with Crippen molar-refractivity contribution in [2.24, 2.45) is 0 Å². The van der Waals surface area contributed by atoms with Crippen molar-refractivity contribution >= 4 is 22.6 Å². The molecule has 2 aromatic carbocycles. The number of rotatable bonds is 1.